The fraction of sp³-hybridized carbons (Fsp3) is 0.400. The van der Waals surface area contributed by atoms with Gasteiger partial charge >= 0.3 is 0 Å². The Labute approximate surface area is 109 Å². The summed E-state index contributed by atoms with van der Waals surface area (Å²) in [5.41, 5.74) is 0.656. The molecule has 1 aliphatic rings. The highest BCUT2D eigenvalue weighted by Gasteiger charge is 2.11. The van der Waals surface area contributed by atoms with E-state index < -0.39 is 0 Å². The van der Waals surface area contributed by atoms with Crippen molar-refractivity contribution < 1.29 is 0 Å². The van der Waals surface area contributed by atoms with Crippen molar-refractivity contribution in [3.05, 3.63) is 28.2 Å². The van der Waals surface area contributed by atoms with Crippen molar-refractivity contribution in [3.8, 4) is 0 Å². The second-order valence-corrected chi connectivity index (χ2v) is 5.35. The van der Waals surface area contributed by atoms with Crippen LogP contribution in [0.25, 0.3) is 0 Å². The molecule has 1 atom stereocenters. The average Bonchev–Trinajstić information content (AvgIpc) is 2.29. The summed E-state index contributed by atoms with van der Waals surface area (Å²) in [4.78, 5) is 0. The van der Waals surface area contributed by atoms with Crippen LogP contribution in [0.15, 0.2) is 28.4 Å². The minimum atomic E-state index is 0.0884. The number of azo groups is 1. The molecule has 1 heterocycles. The van der Waals surface area contributed by atoms with Crippen LogP contribution in [-0.4, -0.2) is 24.2 Å². The summed E-state index contributed by atoms with van der Waals surface area (Å²) in [7, 11) is 0. The first-order valence-corrected chi connectivity index (χ1v) is 6.84. The summed E-state index contributed by atoms with van der Waals surface area (Å²) in [5, 5.41) is 12.7. The summed E-state index contributed by atoms with van der Waals surface area (Å²) in [6.07, 6.45) is 0.0884. The summed E-state index contributed by atoms with van der Waals surface area (Å²) in [6.45, 7) is 0.975. The normalized spacial score (nSPS) is 21.5. The van der Waals surface area contributed by atoms with Crippen molar-refractivity contribution in [1.82, 2.24) is 5.32 Å². The minimum absolute atomic E-state index is 0.0884. The van der Waals surface area contributed by atoms with Gasteiger partial charge in [-0.25, -0.2) is 0 Å². The number of nitrogens with zero attached hydrogens (tertiary/aromatic N) is 2. The molecule has 86 valence electrons. The molecule has 0 aromatic heterocycles. The van der Waals surface area contributed by atoms with Crippen molar-refractivity contribution >= 4 is 40.7 Å². The van der Waals surface area contributed by atoms with Crippen LogP contribution in [-0.2, 0) is 0 Å². The molecule has 0 spiro atoms. The van der Waals surface area contributed by atoms with E-state index in [1.165, 1.54) is 0 Å². The Morgan fingerprint density at radius 2 is 2.25 bits per heavy atom. The first-order valence-electron chi connectivity index (χ1n) is 4.93. The van der Waals surface area contributed by atoms with E-state index in [9.17, 15) is 0 Å². The number of thioether (sulfide) groups is 1. The minimum Gasteiger partial charge on any atom is -0.293 e. The topological polar surface area (TPSA) is 36.8 Å². The summed E-state index contributed by atoms with van der Waals surface area (Å²) in [5.74, 6) is 2.09. The summed E-state index contributed by atoms with van der Waals surface area (Å²) >= 11 is 13.7. The molecule has 2 rings (SSSR count). The number of nitrogens with one attached hydrogen (secondary N) is 1. The van der Waals surface area contributed by atoms with Gasteiger partial charge in [0.2, 0.25) is 0 Å². The van der Waals surface area contributed by atoms with E-state index in [1.807, 2.05) is 11.8 Å². The third kappa shape index (κ3) is 3.35. The zero-order valence-corrected chi connectivity index (χ0v) is 10.8. The standard InChI is InChI=1S/C10H11Cl2N3S/c11-7-1-2-9(8(12)5-7)14-15-10-6-16-4-3-13-10/h1-2,5,10,13H,3-4,6H2. The molecule has 3 nitrogen and oxygen atoms in total. The molecular weight excluding hydrogens is 265 g/mol. The molecule has 0 radical (unpaired) electrons. The number of benzene rings is 1. The predicted octanol–water partition coefficient (Wildman–Crippen LogP) is 3.74. The molecule has 16 heavy (non-hydrogen) atoms. The molecule has 1 aromatic rings. The van der Waals surface area contributed by atoms with Crippen molar-refractivity contribution in [2.75, 3.05) is 18.1 Å². The van der Waals surface area contributed by atoms with Crippen molar-refractivity contribution in [2.45, 2.75) is 6.17 Å². The van der Waals surface area contributed by atoms with Crippen LogP contribution in [0.5, 0.6) is 0 Å². The van der Waals surface area contributed by atoms with Gasteiger partial charge in [-0.3, -0.25) is 5.32 Å². The zero-order chi connectivity index (χ0) is 11.4. The zero-order valence-electron chi connectivity index (χ0n) is 8.49. The predicted molar refractivity (Wildman–Crippen MR) is 70.1 cm³/mol. The molecule has 1 unspecified atom stereocenters. The van der Waals surface area contributed by atoms with E-state index in [0.717, 1.165) is 18.1 Å². The van der Waals surface area contributed by atoms with Gasteiger partial charge < -0.3 is 0 Å². The van der Waals surface area contributed by atoms with Crippen LogP contribution in [0.3, 0.4) is 0 Å². The molecule has 1 aliphatic heterocycles. The largest absolute Gasteiger partial charge is 0.293 e. The van der Waals surface area contributed by atoms with Crippen molar-refractivity contribution in [3.63, 3.8) is 0 Å². The Morgan fingerprint density at radius 1 is 1.38 bits per heavy atom. The molecule has 6 heteroatoms. The maximum atomic E-state index is 5.98. The lowest BCUT2D eigenvalue weighted by Gasteiger charge is -2.17. The van der Waals surface area contributed by atoms with Gasteiger partial charge in [-0.1, -0.05) is 23.2 Å². The second kappa shape index (κ2) is 5.87. The molecular formula is C10H11Cl2N3S. The maximum Gasteiger partial charge on any atom is 0.130 e. The number of rotatable bonds is 2. The number of hydrogen-bond donors (Lipinski definition) is 1. The van der Waals surface area contributed by atoms with Gasteiger partial charge in [0.25, 0.3) is 0 Å². The molecule has 1 aromatic carbocycles. The Kier molecular flexibility index (Phi) is 4.46. The summed E-state index contributed by atoms with van der Waals surface area (Å²) in [6, 6.07) is 5.19. The van der Waals surface area contributed by atoms with Crippen LogP contribution in [0, 0.1) is 0 Å². The molecule has 0 aliphatic carbocycles. The monoisotopic (exact) mass is 275 g/mol. The van der Waals surface area contributed by atoms with Gasteiger partial charge in [0.15, 0.2) is 0 Å². The fourth-order valence-corrected chi connectivity index (χ4v) is 2.60. The van der Waals surface area contributed by atoms with E-state index >= 15 is 0 Å². The third-order valence-electron chi connectivity index (χ3n) is 2.12. The molecule has 1 fully saturated rings. The second-order valence-electron chi connectivity index (χ2n) is 3.36. The van der Waals surface area contributed by atoms with Gasteiger partial charge in [0.1, 0.15) is 11.9 Å². The highest BCUT2D eigenvalue weighted by atomic mass is 35.5. The lowest BCUT2D eigenvalue weighted by molar-refractivity contribution is 0.566. The maximum absolute atomic E-state index is 5.98. The van der Waals surface area contributed by atoms with E-state index in [0.29, 0.717) is 15.7 Å². The van der Waals surface area contributed by atoms with Crippen LogP contribution in [0.4, 0.5) is 5.69 Å². The smallest absolute Gasteiger partial charge is 0.130 e. The quantitative estimate of drug-likeness (QED) is 0.835. The molecule has 0 amide bonds. The van der Waals surface area contributed by atoms with Gasteiger partial charge in [-0.15, -0.1) is 0 Å². The summed E-state index contributed by atoms with van der Waals surface area (Å²) < 4.78 is 0. The molecule has 0 saturated carbocycles. The van der Waals surface area contributed by atoms with Gasteiger partial charge in [0, 0.05) is 23.1 Å². The SMILES string of the molecule is Clc1ccc(N=NC2CSCCN2)c(Cl)c1. The Bertz CT molecular complexity index is 392. The third-order valence-corrected chi connectivity index (χ3v) is 3.70. The Hall–Kier alpha value is -0.290. The highest BCUT2D eigenvalue weighted by molar-refractivity contribution is 7.99. The number of halogens is 2. The Balaban J connectivity index is 2.04. The lowest BCUT2D eigenvalue weighted by Crippen LogP contribution is -2.35. The first kappa shape index (κ1) is 12.2. The Morgan fingerprint density at radius 3 is 2.94 bits per heavy atom. The van der Waals surface area contributed by atoms with Crippen LogP contribution in [0.2, 0.25) is 10.0 Å². The van der Waals surface area contributed by atoms with E-state index in [2.05, 4.69) is 15.5 Å². The highest BCUT2D eigenvalue weighted by Crippen LogP contribution is 2.28. The van der Waals surface area contributed by atoms with Crippen molar-refractivity contribution in [2.24, 2.45) is 10.2 Å². The van der Waals surface area contributed by atoms with E-state index in [1.54, 1.807) is 18.2 Å². The first-order chi connectivity index (χ1) is 7.75. The lowest BCUT2D eigenvalue weighted by atomic mass is 10.3. The van der Waals surface area contributed by atoms with Crippen molar-refractivity contribution in [1.29, 1.82) is 0 Å². The van der Waals surface area contributed by atoms with Crippen LogP contribution in [0.1, 0.15) is 0 Å². The van der Waals surface area contributed by atoms with E-state index in [4.69, 9.17) is 23.2 Å². The van der Waals surface area contributed by atoms with Gasteiger partial charge in [0.05, 0.1) is 5.02 Å². The van der Waals surface area contributed by atoms with Gasteiger partial charge in [-0.2, -0.15) is 22.0 Å². The van der Waals surface area contributed by atoms with Gasteiger partial charge in [-0.05, 0) is 18.2 Å². The van der Waals surface area contributed by atoms with Crippen LogP contribution >= 0.6 is 35.0 Å². The molecule has 1 N–H and O–H groups in total. The molecule has 0 bridgehead atoms. The van der Waals surface area contributed by atoms with Crippen LogP contribution < -0.4 is 5.32 Å². The average molecular weight is 276 g/mol. The molecule has 1 saturated heterocycles. The number of hydrogen-bond acceptors (Lipinski definition) is 4. The van der Waals surface area contributed by atoms with E-state index in [-0.39, 0.29) is 6.17 Å². The fourth-order valence-electron chi connectivity index (χ4n) is 1.32.